The second kappa shape index (κ2) is 79.5. The Kier molecular flexibility index (Phi) is 88.3. The normalized spacial score (nSPS) is 11.5. The molecule has 116 heavy (non-hydrogen) atoms. The molecule has 5 unspecified atom stereocenters. The van der Waals surface area contributed by atoms with Crippen LogP contribution in [-0.4, -0.2) is 145 Å². The number of halogens is 11. The van der Waals surface area contributed by atoms with Gasteiger partial charge >= 0.3 is 145 Å². The predicted molar refractivity (Wildman–Crippen MR) is 444 cm³/mol. The predicted octanol–water partition coefficient (Wildman–Crippen LogP) is 9.17. The Labute approximate surface area is 822 Å². The van der Waals surface area contributed by atoms with Gasteiger partial charge in [-0.3, -0.25) is 23.7 Å². The third kappa shape index (κ3) is 71.9. The van der Waals surface area contributed by atoms with E-state index < -0.39 is 91.2 Å². The Morgan fingerprint density at radius 1 is 0.578 bits per heavy atom. The number of terminal acetylenes is 1. The second-order valence-corrected chi connectivity index (χ2v) is 27.9. The zero-order valence-corrected chi connectivity index (χ0v) is 80.1. The van der Waals surface area contributed by atoms with Gasteiger partial charge in [-0.2, -0.15) is 26.3 Å². The summed E-state index contributed by atoms with van der Waals surface area (Å²) in [5.74, 6) is 11.1. The number of rotatable bonds is 33. The number of carbonyl (C=O) groups is 3. The third-order valence-electron chi connectivity index (χ3n) is 14.9. The Hall–Kier alpha value is -2.68. The second-order valence-electron chi connectivity index (χ2n) is 24.8. The molecule has 5 aromatic carbocycles. The molecule has 20 nitrogen and oxygen atoms in total. The number of Topliss-reactive ketones (excluding diaryl/α,β-unsaturated/α-hetero) is 2. The number of azide groups is 1. The number of hydrogen-bond acceptors (Lipinski definition) is 15. The van der Waals surface area contributed by atoms with Crippen LogP contribution in [0.5, 0.6) is 0 Å². The van der Waals surface area contributed by atoms with Gasteiger partial charge < -0.3 is 69.2 Å². The molecular weight excluding hydrogens is 1800 g/mol. The van der Waals surface area contributed by atoms with E-state index in [2.05, 4.69) is 106 Å². The summed E-state index contributed by atoms with van der Waals surface area (Å²) >= 11 is 15.4. The molecule has 5 aromatic rings. The SMILES string of the molecule is C.C.C#CC(O)(CCC)CCC.CCCC(O)(C#Cc1cccc(CC(O)CCC(=O)C(F)(F)F)c1)CCC.CCCC(O)(C#Cc1cccc(CC(O)CN)c1)CCC.O=C(CCC(O)Cc1cccc(Br)c1)C(F)(F)F.O=CO[O-].OC(CCl)Cc1cccc(Br)c1.[2H]CF.[H-].[K+].[K+].[N-]=[N+]=NCC(O)Cc1cccc(Br)c1.[N-]=[N+]=[N-].[Na+]. The average molecular weight is 1920 g/mol. The van der Waals surface area contributed by atoms with E-state index in [-0.39, 0.29) is 200 Å². The van der Waals surface area contributed by atoms with Gasteiger partial charge in [-0.1, -0.05) is 238 Å². The number of benzene rings is 5. The van der Waals surface area contributed by atoms with Crippen LogP contribution in [0, 0.1) is 36.0 Å². The van der Waals surface area contributed by atoms with Crippen LogP contribution in [0.1, 0.15) is 201 Å². The number of aliphatic hydroxyl groups excluding tert-OH is 5. The summed E-state index contributed by atoms with van der Waals surface area (Å²) in [6, 6.07) is 37.4. The number of carbonyl (C=O) groups excluding carboxylic acids is 3. The zero-order valence-electron chi connectivity index (χ0n) is 68.3. The number of ketones is 2. The fourth-order valence-corrected chi connectivity index (χ4v) is 11.4. The molecule has 0 amide bonds. The maximum atomic E-state index is 12.2. The van der Waals surface area contributed by atoms with Crippen molar-refractivity contribution in [2.24, 2.45) is 10.8 Å². The van der Waals surface area contributed by atoms with Crippen molar-refractivity contribution < 1.29 is 231 Å². The number of aliphatic hydroxyl groups is 8. The average Bonchev–Trinajstić information content (AvgIpc) is 0.873. The first-order valence-electron chi connectivity index (χ1n) is 36.0. The smallest absolute Gasteiger partial charge is 1.00 e. The molecule has 0 saturated carbocycles. The topological polar surface area (TPSA) is 379 Å². The monoisotopic (exact) mass is 1910 g/mol. The van der Waals surface area contributed by atoms with Crippen LogP contribution in [0.2, 0.25) is 0 Å². The molecule has 0 aliphatic heterocycles. The van der Waals surface area contributed by atoms with Crippen molar-refractivity contribution in [3.05, 3.63) is 200 Å². The molecule has 0 radical (unpaired) electrons. The molecular formula is C82H115Br3ClF7K2N7NaO13. The van der Waals surface area contributed by atoms with Crippen molar-refractivity contribution in [2.45, 2.75) is 251 Å². The van der Waals surface area contributed by atoms with Crippen molar-refractivity contribution in [3.63, 3.8) is 0 Å². The van der Waals surface area contributed by atoms with E-state index in [0.29, 0.717) is 56.1 Å². The van der Waals surface area contributed by atoms with E-state index in [0.717, 1.165) is 92.6 Å². The molecule has 0 heterocycles. The molecule has 5 atom stereocenters. The van der Waals surface area contributed by atoms with Gasteiger partial charge in [0.05, 0.1) is 45.6 Å². The van der Waals surface area contributed by atoms with Crippen molar-refractivity contribution in [1.82, 2.24) is 0 Å². The standard InChI is InChI=1S/C21H27F3O3.C18H27NO2.C12H12BrF3O2.C9H10BrClO.C9H10BrN3O.C9H16O.CH3F.CH2O3.2CH4.2K.N3.Na.H/c1-3-11-20(27,12-4-2)13-10-16-6-5-7-17(14-16)15-18(25)8-9-19(26)21(22,23)24;1-3-9-18(21,10-4-2)11-8-15-6-5-7-16(12-15)13-17(20)14-19;13-9-3-1-2-8(6-9)7-10(17)4-5-11(18)12(14,15)16;10-8-3-1-2-7(4-8)5-9(12)6-11;10-8-3-1-2-7(4-8)5-9(14)6-12-13-11;1-4-7-9(10,6-3)8-5-2;1-2;2-1-4-3;;;;;1-3-2;;/h5-7,14,18,25,27H,3-4,8-9,11-12,15H2,1-2H3;5-7,12,17,20-21H,3-4,9-10,13-14,19H2,1-2H3;1-3,6,10,17H,4-5,7H2;1-4,9,12H,5-6H2;1-4,9,14H,5-6H2;3,10H,4-5,7-8H2,1-2H3;1H3;1,3H;2*1H4;;;;;/q;;;;;;;;;;2*+1;-1;+1;-1/p-1/i;;;;;;1D;;;;;;;;. The summed E-state index contributed by atoms with van der Waals surface area (Å²) < 4.78 is 90.8. The first kappa shape index (κ1) is 129. The molecule has 0 fully saturated rings. The molecule has 5 rings (SSSR count). The minimum atomic E-state index is -4.86. The van der Waals surface area contributed by atoms with E-state index in [1.807, 2.05) is 107 Å². The molecule has 10 N–H and O–H groups in total. The van der Waals surface area contributed by atoms with Crippen LogP contribution in [-0.2, 0) is 51.4 Å². The van der Waals surface area contributed by atoms with E-state index in [9.17, 15) is 81.2 Å². The quantitative estimate of drug-likeness (QED) is 0.00181. The van der Waals surface area contributed by atoms with Gasteiger partial charge in [-0.05, 0) is 177 Å². The maximum Gasteiger partial charge on any atom is 1.00 e. The Balaban J connectivity index is -0.000000147. The minimum Gasteiger partial charge on any atom is -1.00 e. The van der Waals surface area contributed by atoms with Crippen LogP contribution in [0.25, 0.3) is 26.4 Å². The van der Waals surface area contributed by atoms with E-state index >= 15 is 0 Å². The first-order chi connectivity index (χ1) is 52.8. The summed E-state index contributed by atoms with van der Waals surface area (Å²) in [6.07, 6.45) is 1.42. The number of hydrogen-bond donors (Lipinski definition) is 9. The van der Waals surface area contributed by atoms with Gasteiger partial charge in [0, 0.05) is 54.7 Å². The van der Waals surface area contributed by atoms with Gasteiger partial charge in [0.2, 0.25) is 11.6 Å². The summed E-state index contributed by atoms with van der Waals surface area (Å²) in [5.41, 5.74) is 30.4. The molecule has 0 bridgehead atoms. The van der Waals surface area contributed by atoms with Crippen molar-refractivity contribution in [2.75, 3.05) is 26.1 Å². The van der Waals surface area contributed by atoms with Gasteiger partial charge in [0.25, 0.3) is 6.47 Å². The number of nitrogens with zero attached hydrogens (tertiary/aromatic N) is 6. The van der Waals surface area contributed by atoms with Gasteiger partial charge in [-0.25, -0.2) is 0 Å². The van der Waals surface area contributed by atoms with Gasteiger partial charge in [0.15, 0.2) is 0 Å². The fourth-order valence-electron chi connectivity index (χ4n) is 9.95. The van der Waals surface area contributed by atoms with Crippen molar-refractivity contribution in [3.8, 4) is 36.0 Å². The summed E-state index contributed by atoms with van der Waals surface area (Å²) in [7, 11) is -1.00. The van der Waals surface area contributed by atoms with Gasteiger partial charge in [0.1, 0.15) is 16.8 Å². The van der Waals surface area contributed by atoms with Crippen LogP contribution in [0.15, 0.2) is 140 Å². The summed E-state index contributed by atoms with van der Waals surface area (Å²) in [6.45, 7) is 12.3. The fraction of sp³-hybridized carbons (Fsp3) is 0.524. The maximum absolute atomic E-state index is 12.2. The Morgan fingerprint density at radius 2 is 0.845 bits per heavy atom. The number of nitrogens with two attached hydrogens (primary N) is 1. The van der Waals surface area contributed by atoms with Crippen LogP contribution >= 0.6 is 59.4 Å². The summed E-state index contributed by atoms with van der Waals surface area (Å²) in [5, 5.41) is 90.1. The molecule has 34 heteroatoms. The van der Waals surface area contributed by atoms with E-state index in [4.69, 9.17) is 51.8 Å². The Morgan fingerprint density at radius 3 is 1.09 bits per heavy atom. The molecule has 0 saturated heterocycles. The van der Waals surface area contributed by atoms with E-state index in [1.165, 1.54) is 4.91 Å². The molecule has 0 aromatic heterocycles. The van der Waals surface area contributed by atoms with Crippen LogP contribution in [0.3, 0.4) is 0 Å². The van der Waals surface area contributed by atoms with Gasteiger partial charge in [-0.15, -0.1) is 18.0 Å². The molecule has 0 spiro atoms. The molecule has 0 aliphatic carbocycles. The third-order valence-corrected chi connectivity index (χ3v) is 16.7. The largest absolute Gasteiger partial charge is 1.00 e. The Bertz CT molecular complexity index is 3660. The molecule has 636 valence electrons. The van der Waals surface area contributed by atoms with E-state index in [1.54, 1.807) is 42.5 Å². The van der Waals surface area contributed by atoms with Crippen molar-refractivity contribution in [1.29, 1.82) is 0 Å². The number of alkyl halides is 8. The molecule has 0 aliphatic rings. The summed E-state index contributed by atoms with van der Waals surface area (Å²) in [4.78, 5) is 36.9. The van der Waals surface area contributed by atoms with Crippen LogP contribution < -0.4 is 143 Å². The minimum absolute atomic E-state index is 0. The first-order valence-corrected chi connectivity index (χ1v) is 38.2. The van der Waals surface area contributed by atoms with Crippen LogP contribution in [0.4, 0.5) is 30.7 Å². The zero-order chi connectivity index (χ0) is 86.2. The van der Waals surface area contributed by atoms with Crippen molar-refractivity contribution >= 4 is 77.4 Å².